The summed E-state index contributed by atoms with van der Waals surface area (Å²) in [4.78, 5) is 15.5. The van der Waals surface area contributed by atoms with E-state index in [2.05, 4.69) is 144 Å². The van der Waals surface area contributed by atoms with Gasteiger partial charge in [0, 0.05) is 43.6 Å². The summed E-state index contributed by atoms with van der Waals surface area (Å²) in [5.74, 6) is 1.75. The van der Waals surface area contributed by atoms with Crippen molar-refractivity contribution < 1.29 is 8.83 Å². The summed E-state index contributed by atoms with van der Waals surface area (Å²) in [6, 6.07) is 63.1. The summed E-state index contributed by atoms with van der Waals surface area (Å²) < 4.78 is 15.8. The van der Waals surface area contributed by atoms with E-state index in [9.17, 15) is 0 Å². The number of fused-ring (bicyclic) bond motifs is 13. The Morgan fingerprint density at radius 2 is 1.05 bits per heavy atom. The van der Waals surface area contributed by atoms with Crippen LogP contribution in [0.4, 0.5) is 0 Å². The average Bonchev–Trinajstić information content (AvgIpc) is 3.98. The molecule has 0 aliphatic carbocycles. The molecule has 4 aromatic heterocycles. The third kappa shape index (κ3) is 4.71. The maximum Gasteiger partial charge on any atom is 0.238 e. The van der Waals surface area contributed by atoms with Crippen LogP contribution in [0.3, 0.4) is 0 Å². The Kier molecular flexibility index (Phi) is 6.63. The Bertz CT molecular complexity index is 3860. The number of furan rings is 2. The number of aromatic nitrogens is 4. The lowest BCUT2D eigenvalue weighted by Gasteiger charge is -2.11. The molecule has 0 aliphatic rings. The van der Waals surface area contributed by atoms with Gasteiger partial charge in [-0.3, -0.25) is 4.57 Å². The van der Waals surface area contributed by atoms with Gasteiger partial charge in [-0.2, -0.15) is 9.97 Å². The van der Waals surface area contributed by atoms with E-state index in [1.54, 1.807) is 0 Å². The molecule has 9 aromatic carbocycles. The Hall–Kier alpha value is -8.09. The highest BCUT2D eigenvalue weighted by molar-refractivity contribution is 6.29. The van der Waals surface area contributed by atoms with E-state index >= 15 is 0 Å². The van der Waals surface area contributed by atoms with Crippen molar-refractivity contribution in [3.05, 3.63) is 182 Å². The van der Waals surface area contributed by atoms with Gasteiger partial charge in [-0.05, 0) is 63.5 Å². The molecule has 13 aromatic rings. The van der Waals surface area contributed by atoms with E-state index in [1.165, 1.54) is 0 Å². The first-order valence-corrected chi connectivity index (χ1v) is 19.8. The summed E-state index contributed by atoms with van der Waals surface area (Å²) in [5, 5.41) is 11.0. The predicted molar refractivity (Wildman–Crippen MR) is 240 cm³/mol. The first-order valence-electron chi connectivity index (χ1n) is 19.8. The maximum absolute atomic E-state index is 7.09. The molecule has 6 heteroatoms. The molecule has 0 saturated heterocycles. The first-order chi connectivity index (χ1) is 29.2. The lowest BCUT2D eigenvalue weighted by molar-refractivity contribution is 0.669. The predicted octanol–water partition coefficient (Wildman–Crippen LogP) is 14.1. The van der Waals surface area contributed by atoms with Crippen LogP contribution in [0.25, 0.3) is 127 Å². The Morgan fingerprint density at radius 3 is 1.93 bits per heavy atom. The summed E-state index contributed by atoms with van der Waals surface area (Å²) in [6.45, 7) is 0. The fourth-order valence-electron chi connectivity index (χ4n) is 9.19. The van der Waals surface area contributed by atoms with Crippen molar-refractivity contribution in [1.29, 1.82) is 0 Å². The second-order valence-electron chi connectivity index (χ2n) is 15.1. The average molecular weight is 755 g/mol. The third-order valence-electron chi connectivity index (χ3n) is 11.8. The van der Waals surface area contributed by atoms with Crippen LogP contribution in [0, 0.1) is 0 Å². The van der Waals surface area contributed by atoms with Gasteiger partial charge in [0.15, 0.2) is 11.6 Å². The molecule has 0 aliphatic heterocycles. The summed E-state index contributed by atoms with van der Waals surface area (Å²) in [5.41, 5.74) is 9.25. The minimum absolute atomic E-state index is 0.537. The van der Waals surface area contributed by atoms with Crippen LogP contribution in [0.15, 0.2) is 191 Å². The number of hydrogen-bond acceptors (Lipinski definition) is 5. The number of nitrogens with zero attached hydrogens (tertiary/aromatic N) is 4. The topological polar surface area (TPSA) is 69.9 Å². The second kappa shape index (κ2) is 12.2. The van der Waals surface area contributed by atoms with Gasteiger partial charge in [0.05, 0.1) is 16.4 Å². The molecule has 0 bridgehead atoms. The SMILES string of the molecule is c1ccc(-c2nc(-c3ccc4ccccc4c3)nc(-n3c4ccccc4c4c5oc6cc(-c7cccc8c7oc7ccccc78)c7ccccc7c6c5ccc43)n2)cc1. The van der Waals surface area contributed by atoms with Crippen molar-refractivity contribution in [1.82, 2.24) is 19.5 Å². The molecular weight excluding hydrogens is 725 g/mol. The molecule has 0 fully saturated rings. The molecule has 59 heavy (non-hydrogen) atoms. The molecule has 13 rings (SSSR count). The van der Waals surface area contributed by atoms with E-state index in [0.717, 1.165) is 109 Å². The summed E-state index contributed by atoms with van der Waals surface area (Å²) in [7, 11) is 0. The van der Waals surface area contributed by atoms with Gasteiger partial charge >= 0.3 is 0 Å². The van der Waals surface area contributed by atoms with E-state index in [-0.39, 0.29) is 0 Å². The monoisotopic (exact) mass is 754 g/mol. The fraction of sp³-hybridized carbons (Fsp3) is 0. The number of benzene rings is 9. The fourth-order valence-corrected chi connectivity index (χ4v) is 9.19. The summed E-state index contributed by atoms with van der Waals surface area (Å²) in [6.07, 6.45) is 0. The van der Waals surface area contributed by atoms with Gasteiger partial charge in [-0.1, -0.05) is 146 Å². The van der Waals surface area contributed by atoms with Crippen molar-refractivity contribution in [3.8, 4) is 39.9 Å². The standard InChI is InChI=1S/C53H30N4O2/c1-2-14-32(15-3-1)51-54-52(34-26-25-31-13-4-5-16-33(31)29-34)56-53(55-51)57-43-23-10-8-20-40(43)48-44(57)28-27-41-47-37-19-7-6-17-35(37)42(30-46(47)59-50(41)48)39-22-12-21-38-36-18-9-11-24-45(36)58-49(38)39/h1-30H. The highest BCUT2D eigenvalue weighted by Gasteiger charge is 2.24. The van der Waals surface area contributed by atoms with Gasteiger partial charge < -0.3 is 8.83 Å². The zero-order valence-electron chi connectivity index (χ0n) is 31.4. The van der Waals surface area contributed by atoms with Gasteiger partial charge in [0.1, 0.15) is 22.3 Å². The molecule has 0 saturated carbocycles. The molecule has 0 spiro atoms. The molecule has 0 atom stereocenters. The molecule has 6 nitrogen and oxygen atoms in total. The largest absolute Gasteiger partial charge is 0.455 e. The van der Waals surface area contributed by atoms with Gasteiger partial charge in [0.25, 0.3) is 0 Å². The zero-order valence-corrected chi connectivity index (χ0v) is 31.4. The molecular formula is C53H30N4O2. The molecule has 0 unspecified atom stereocenters. The molecule has 274 valence electrons. The maximum atomic E-state index is 7.09. The Morgan fingerprint density at radius 1 is 0.356 bits per heavy atom. The van der Waals surface area contributed by atoms with E-state index in [1.807, 2.05) is 42.5 Å². The van der Waals surface area contributed by atoms with Crippen molar-refractivity contribution in [2.75, 3.05) is 0 Å². The number of rotatable bonds is 4. The van der Waals surface area contributed by atoms with Gasteiger partial charge in [-0.25, -0.2) is 4.98 Å². The van der Waals surface area contributed by atoms with E-state index in [0.29, 0.717) is 17.6 Å². The second-order valence-corrected chi connectivity index (χ2v) is 15.1. The van der Waals surface area contributed by atoms with Crippen LogP contribution in [0.5, 0.6) is 0 Å². The molecule has 0 N–H and O–H groups in total. The van der Waals surface area contributed by atoms with Crippen molar-refractivity contribution >= 4 is 87.2 Å². The minimum Gasteiger partial charge on any atom is -0.455 e. The van der Waals surface area contributed by atoms with Crippen molar-refractivity contribution in [2.24, 2.45) is 0 Å². The molecule has 0 amide bonds. The van der Waals surface area contributed by atoms with Crippen molar-refractivity contribution in [2.45, 2.75) is 0 Å². The minimum atomic E-state index is 0.537. The van der Waals surface area contributed by atoms with E-state index in [4.69, 9.17) is 23.8 Å². The lowest BCUT2D eigenvalue weighted by Crippen LogP contribution is -2.06. The Labute approximate surface area is 336 Å². The Balaban J connectivity index is 1.08. The zero-order chi connectivity index (χ0) is 38.6. The highest BCUT2D eigenvalue weighted by Crippen LogP contribution is 2.46. The molecule has 4 heterocycles. The highest BCUT2D eigenvalue weighted by atomic mass is 16.3. The number of para-hydroxylation sites is 3. The van der Waals surface area contributed by atoms with Crippen LogP contribution in [-0.2, 0) is 0 Å². The van der Waals surface area contributed by atoms with Crippen LogP contribution in [0.2, 0.25) is 0 Å². The molecule has 0 radical (unpaired) electrons. The summed E-state index contributed by atoms with van der Waals surface area (Å²) >= 11 is 0. The van der Waals surface area contributed by atoms with E-state index < -0.39 is 0 Å². The lowest BCUT2D eigenvalue weighted by atomic mass is 9.93. The van der Waals surface area contributed by atoms with Crippen LogP contribution >= 0.6 is 0 Å². The quantitative estimate of drug-likeness (QED) is 0.179. The van der Waals surface area contributed by atoms with Crippen LogP contribution < -0.4 is 0 Å². The van der Waals surface area contributed by atoms with Gasteiger partial charge in [0.2, 0.25) is 5.95 Å². The smallest absolute Gasteiger partial charge is 0.238 e. The third-order valence-corrected chi connectivity index (χ3v) is 11.8. The number of hydrogen-bond donors (Lipinski definition) is 0. The van der Waals surface area contributed by atoms with Crippen LogP contribution in [0.1, 0.15) is 0 Å². The normalized spacial score (nSPS) is 12.1. The van der Waals surface area contributed by atoms with Gasteiger partial charge in [-0.15, -0.1) is 0 Å². The van der Waals surface area contributed by atoms with Crippen LogP contribution in [-0.4, -0.2) is 19.5 Å². The first kappa shape index (κ1) is 32.0. The van der Waals surface area contributed by atoms with Crippen molar-refractivity contribution in [3.63, 3.8) is 0 Å².